The van der Waals surface area contributed by atoms with Gasteiger partial charge in [0.15, 0.2) is 0 Å². The molecule has 0 N–H and O–H groups in total. The molecule has 1 fully saturated rings. The summed E-state index contributed by atoms with van der Waals surface area (Å²) >= 11 is 0. The van der Waals surface area contributed by atoms with Gasteiger partial charge in [-0.25, -0.2) is 0 Å². The number of carbonyl (C=O) groups excluding carboxylic acids is 1. The number of para-hydroxylation sites is 1. The molecule has 0 atom stereocenters. The number of nitro groups is 1. The van der Waals surface area contributed by atoms with E-state index in [1.54, 1.807) is 17.0 Å². The summed E-state index contributed by atoms with van der Waals surface area (Å²) in [6.45, 7) is 1.03. The van der Waals surface area contributed by atoms with E-state index in [2.05, 4.69) is 0 Å². The normalized spacial score (nSPS) is 18.2. The molecule has 7 nitrogen and oxygen atoms in total. The zero-order chi connectivity index (χ0) is 16.7. The second-order valence-corrected chi connectivity index (χ2v) is 5.65. The first kappa shape index (κ1) is 14.8. The molecular formula is C17H14N2O5. The molecule has 0 saturated carbocycles. The highest BCUT2D eigenvalue weighted by atomic mass is 16.7. The lowest BCUT2D eigenvalue weighted by atomic mass is 10.1. The summed E-state index contributed by atoms with van der Waals surface area (Å²) in [5, 5.41) is 10.8. The van der Waals surface area contributed by atoms with Crippen molar-refractivity contribution in [2.45, 2.75) is 12.3 Å². The zero-order valence-corrected chi connectivity index (χ0v) is 12.7. The molecule has 1 saturated heterocycles. The van der Waals surface area contributed by atoms with Gasteiger partial charge in [-0.2, -0.15) is 0 Å². The van der Waals surface area contributed by atoms with Crippen molar-refractivity contribution in [1.82, 2.24) is 0 Å². The standard InChI is InChI=1S/C17H14N2O5/c20-16-17(23-9-10-24-17)14-3-1-2-4-15(14)18(16)11-12-5-7-13(8-6-12)19(21)22/h1-8H,9-11H2. The van der Waals surface area contributed by atoms with Gasteiger partial charge in [0.25, 0.3) is 17.4 Å². The number of anilines is 1. The van der Waals surface area contributed by atoms with Gasteiger partial charge >= 0.3 is 0 Å². The Labute approximate surface area is 137 Å². The third-order valence-corrected chi connectivity index (χ3v) is 4.26. The highest BCUT2D eigenvalue weighted by molar-refractivity contribution is 6.06. The molecule has 0 bridgehead atoms. The highest BCUT2D eigenvalue weighted by Gasteiger charge is 2.55. The van der Waals surface area contributed by atoms with E-state index >= 15 is 0 Å². The van der Waals surface area contributed by atoms with Gasteiger partial charge in [0.2, 0.25) is 0 Å². The monoisotopic (exact) mass is 326 g/mol. The molecule has 2 aromatic carbocycles. The maximum absolute atomic E-state index is 12.9. The molecule has 24 heavy (non-hydrogen) atoms. The smallest absolute Gasteiger partial charge is 0.292 e. The predicted molar refractivity (Wildman–Crippen MR) is 84.3 cm³/mol. The van der Waals surface area contributed by atoms with E-state index in [1.165, 1.54) is 12.1 Å². The summed E-state index contributed by atoms with van der Waals surface area (Å²) in [7, 11) is 0. The number of rotatable bonds is 3. The van der Waals surface area contributed by atoms with E-state index in [-0.39, 0.29) is 11.6 Å². The van der Waals surface area contributed by atoms with E-state index in [0.29, 0.717) is 25.3 Å². The minimum Gasteiger partial charge on any atom is -0.336 e. The van der Waals surface area contributed by atoms with Gasteiger partial charge in [-0.1, -0.05) is 30.3 Å². The van der Waals surface area contributed by atoms with Crippen molar-refractivity contribution in [3.63, 3.8) is 0 Å². The second kappa shape index (κ2) is 5.40. The average molecular weight is 326 g/mol. The van der Waals surface area contributed by atoms with Gasteiger partial charge in [0.05, 0.1) is 30.4 Å². The number of amides is 1. The first-order valence-corrected chi connectivity index (χ1v) is 7.54. The summed E-state index contributed by atoms with van der Waals surface area (Å²) in [6.07, 6.45) is 0. The molecule has 0 aliphatic carbocycles. The van der Waals surface area contributed by atoms with E-state index in [4.69, 9.17) is 9.47 Å². The second-order valence-electron chi connectivity index (χ2n) is 5.65. The predicted octanol–water partition coefficient (Wildman–Crippen LogP) is 2.34. The number of hydrogen-bond acceptors (Lipinski definition) is 5. The molecule has 2 aliphatic rings. The molecule has 2 heterocycles. The summed E-state index contributed by atoms with van der Waals surface area (Å²) in [5.74, 6) is -1.61. The zero-order valence-electron chi connectivity index (χ0n) is 12.7. The molecule has 0 radical (unpaired) electrons. The third kappa shape index (κ3) is 2.10. The van der Waals surface area contributed by atoms with Gasteiger partial charge < -0.3 is 14.4 Å². The molecule has 1 amide bonds. The molecule has 122 valence electrons. The first-order chi connectivity index (χ1) is 11.6. The van der Waals surface area contributed by atoms with Crippen LogP contribution in [0.4, 0.5) is 11.4 Å². The van der Waals surface area contributed by atoms with Gasteiger partial charge in [-0.15, -0.1) is 0 Å². The van der Waals surface area contributed by atoms with Crippen molar-refractivity contribution in [2.24, 2.45) is 0 Å². The number of benzene rings is 2. The van der Waals surface area contributed by atoms with Crippen LogP contribution in [0.25, 0.3) is 0 Å². The van der Waals surface area contributed by atoms with Crippen molar-refractivity contribution >= 4 is 17.3 Å². The first-order valence-electron chi connectivity index (χ1n) is 7.54. The Hall–Kier alpha value is -2.77. The van der Waals surface area contributed by atoms with Crippen LogP contribution in [-0.2, 0) is 26.6 Å². The van der Waals surface area contributed by atoms with Crippen molar-refractivity contribution in [3.8, 4) is 0 Å². The highest BCUT2D eigenvalue weighted by Crippen LogP contribution is 2.46. The Morgan fingerprint density at radius 1 is 1.08 bits per heavy atom. The van der Waals surface area contributed by atoms with Crippen LogP contribution in [0.2, 0.25) is 0 Å². The fourth-order valence-electron chi connectivity index (χ4n) is 3.14. The fraction of sp³-hybridized carbons (Fsp3) is 0.235. The molecule has 0 unspecified atom stereocenters. The largest absolute Gasteiger partial charge is 0.336 e. The number of ether oxygens (including phenoxy) is 2. The fourth-order valence-corrected chi connectivity index (χ4v) is 3.14. The molecular weight excluding hydrogens is 312 g/mol. The van der Waals surface area contributed by atoms with Crippen LogP contribution in [0.1, 0.15) is 11.1 Å². The van der Waals surface area contributed by atoms with Gasteiger partial charge in [-0.3, -0.25) is 14.9 Å². The lowest BCUT2D eigenvalue weighted by molar-refractivity contribution is -0.384. The van der Waals surface area contributed by atoms with Crippen LogP contribution in [-0.4, -0.2) is 24.0 Å². The quantitative estimate of drug-likeness (QED) is 0.639. The lowest BCUT2D eigenvalue weighted by Gasteiger charge is -2.22. The SMILES string of the molecule is O=C1N(Cc2ccc([N+](=O)[O-])cc2)c2ccccc2C12OCCO2. The van der Waals surface area contributed by atoms with Gasteiger partial charge in [0, 0.05) is 17.7 Å². The topological polar surface area (TPSA) is 81.9 Å². The van der Waals surface area contributed by atoms with Crippen LogP contribution in [0.5, 0.6) is 0 Å². The van der Waals surface area contributed by atoms with Crippen molar-refractivity contribution in [3.05, 3.63) is 69.8 Å². The van der Waals surface area contributed by atoms with E-state index < -0.39 is 10.7 Å². The van der Waals surface area contributed by atoms with Crippen LogP contribution in [0.3, 0.4) is 0 Å². The maximum Gasteiger partial charge on any atom is 0.292 e. The van der Waals surface area contributed by atoms with Crippen molar-refractivity contribution in [1.29, 1.82) is 0 Å². The number of nitrogens with zero attached hydrogens (tertiary/aromatic N) is 2. The summed E-state index contributed by atoms with van der Waals surface area (Å²) in [6, 6.07) is 13.5. The van der Waals surface area contributed by atoms with E-state index in [0.717, 1.165) is 11.3 Å². The Morgan fingerprint density at radius 2 is 1.75 bits per heavy atom. The molecule has 4 rings (SSSR count). The van der Waals surface area contributed by atoms with E-state index in [1.807, 2.05) is 24.3 Å². The molecule has 0 aromatic heterocycles. The summed E-state index contributed by atoms with van der Waals surface area (Å²) in [4.78, 5) is 24.8. The lowest BCUT2D eigenvalue weighted by Crippen LogP contribution is -2.40. The Balaban J connectivity index is 1.68. The minimum atomic E-state index is -1.35. The molecule has 1 spiro atoms. The molecule has 7 heteroatoms. The van der Waals surface area contributed by atoms with Crippen molar-refractivity contribution in [2.75, 3.05) is 18.1 Å². The van der Waals surface area contributed by atoms with E-state index in [9.17, 15) is 14.9 Å². The maximum atomic E-state index is 12.9. The van der Waals surface area contributed by atoms with Crippen LogP contribution in [0.15, 0.2) is 48.5 Å². The van der Waals surface area contributed by atoms with Crippen LogP contribution >= 0.6 is 0 Å². The summed E-state index contributed by atoms with van der Waals surface area (Å²) in [5.41, 5.74) is 2.25. The number of hydrogen-bond donors (Lipinski definition) is 0. The molecule has 2 aliphatic heterocycles. The summed E-state index contributed by atoms with van der Waals surface area (Å²) < 4.78 is 11.3. The average Bonchev–Trinajstić information content (AvgIpc) is 3.17. The number of non-ortho nitro benzene ring substituents is 1. The Bertz CT molecular complexity index is 812. The number of nitro benzene ring substituents is 1. The van der Waals surface area contributed by atoms with Crippen LogP contribution in [0, 0.1) is 10.1 Å². The Kier molecular flexibility index (Phi) is 3.33. The number of fused-ring (bicyclic) bond motifs is 2. The molecule has 2 aromatic rings. The Morgan fingerprint density at radius 3 is 2.42 bits per heavy atom. The van der Waals surface area contributed by atoms with Crippen LogP contribution < -0.4 is 4.90 Å². The third-order valence-electron chi connectivity index (χ3n) is 4.26. The number of carbonyl (C=O) groups is 1. The van der Waals surface area contributed by atoms with Gasteiger partial charge in [0.1, 0.15) is 0 Å². The van der Waals surface area contributed by atoms with Crippen molar-refractivity contribution < 1.29 is 19.2 Å². The van der Waals surface area contributed by atoms with Gasteiger partial charge in [-0.05, 0) is 11.6 Å². The minimum absolute atomic E-state index is 0.0193.